The Morgan fingerprint density at radius 2 is 1.77 bits per heavy atom. The van der Waals surface area contributed by atoms with E-state index in [0.29, 0.717) is 29.0 Å². The summed E-state index contributed by atoms with van der Waals surface area (Å²) in [4.78, 5) is 22.0. The van der Waals surface area contributed by atoms with Gasteiger partial charge >= 0.3 is 0 Å². The Hall–Kier alpha value is -1.91. The number of sulfone groups is 1. The van der Waals surface area contributed by atoms with E-state index in [1.807, 2.05) is 19.1 Å². The third kappa shape index (κ3) is 7.30. The lowest BCUT2D eigenvalue weighted by atomic mass is 10.2. The minimum atomic E-state index is -3.62. The molecule has 7 nitrogen and oxygen atoms in total. The summed E-state index contributed by atoms with van der Waals surface area (Å²) in [6.45, 7) is 8.88. The van der Waals surface area contributed by atoms with Crippen molar-refractivity contribution in [2.24, 2.45) is 0 Å². The van der Waals surface area contributed by atoms with Gasteiger partial charge in [0.25, 0.3) is 0 Å². The van der Waals surface area contributed by atoms with Crippen LogP contribution in [0.4, 0.5) is 5.13 Å². The Labute approximate surface area is 222 Å². The molecule has 0 atom stereocenters. The van der Waals surface area contributed by atoms with Crippen molar-refractivity contribution in [3.05, 3.63) is 47.0 Å². The van der Waals surface area contributed by atoms with Crippen molar-refractivity contribution < 1.29 is 17.9 Å². The Morgan fingerprint density at radius 3 is 2.37 bits per heavy atom. The highest BCUT2D eigenvalue weighted by Gasteiger charge is 2.24. The number of carbonyl (C=O) groups is 1. The lowest BCUT2D eigenvalue weighted by Crippen LogP contribution is -2.39. The molecule has 2 aromatic carbocycles. The largest absolute Gasteiger partial charge is 0.497 e. The van der Waals surface area contributed by atoms with Crippen LogP contribution in [0, 0.1) is 6.92 Å². The monoisotopic (exact) mass is 559 g/mol. The number of carbonyl (C=O) groups excluding carboxylic acids is 1. The molecule has 0 saturated carbocycles. The molecule has 1 amide bonds. The van der Waals surface area contributed by atoms with Crippen molar-refractivity contribution in [3.63, 3.8) is 0 Å². The molecule has 0 fully saturated rings. The second kappa shape index (κ2) is 12.9. The zero-order chi connectivity index (χ0) is 24.9. The van der Waals surface area contributed by atoms with Crippen molar-refractivity contribution >= 4 is 66.4 Å². The molecular weight excluding hydrogens is 529 g/mol. The summed E-state index contributed by atoms with van der Waals surface area (Å²) >= 11 is 7.60. The van der Waals surface area contributed by atoms with Crippen LogP contribution in [0.1, 0.15) is 25.8 Å². The zero-order valence-electron chi connectivity index (χ0n) is 20.3. The Balaban J connectivity index is 0.00000432. The third-order valence-corrected chi connectivity index (χ3v) is 8.68. The van der Waals surface area contributed by atoms with Gasteiger partial charge in [-0.25, -0.2) is 13.4 Å². The molecule has 0 bridgehead atoms. The van der Waals surface area contributed by atoms with Gasteiger partial charge in [0, 0.05) is 24.5 Å². The van der Waals surface area contributed by atoms with Crippen molar-refractivity contribution in [2.75, 3.05) is 43.9 Å². The number of methoxy groups -OCH3 is 1. The maximum atomic E-state index is 13.3. The van der Waals surface area contributed by atoms with E-state index in [2.05, 4.69) is 18.7 Å². The smallest absolute Gasteiger partial charge is 0.229 e. The number of fused-ring (bicyclic) bond motifs is 1. The summed E-state index contributed by atoms with van der Waals surface area (Å²) in [5, 5.41) is 1.17. The molecule has 1 aromatic heterocycles. The van der Waals surface area contributed by atoms with Crippen molar-refractivity contribution in [3.8, 4) is 5.75 Å². The lowest BCUT2D eigenvalue weighted by molar-refractivity contribution is -0.118. The normalized spacial score (nSPS) is 11.5. The SMILES string of the molecule is CCN(CC)CCN(C(=O)CCS(=O)(=O)c1ccc(OC)cc1)c1nc2c(C)cc(Cl)cc2s1.Cl. The van der Waals surface area contributed by atoms with E-state index in [9.17, 15) is 13.2 Å². The topological polar surface area (TPSA) is 79.8 Å². The first-order valence-electron chi connectivity index (χ1n) is 11.1. The molecule has 0 aliphatic rings. The first-order valence-corrected chi connectivity index (χ1v) is 14.0. The predicted octanol–water partition coefficient (Wildman–Crippen LogP) is 5.23. The third-order valence-electron chi connectivity index (χ3n) is 5.71. The minimum absolute atomic E-state index is 0. The summed E-state index contributed by atoms with van der Waals surface area (Å²) < 4.78 is 31.6. The minimum Gasteiger partial charge on any atom is -0.497 e. The number of hydrogen-bond acceptors (Lipinski definition) is 7. The van der Waals surface area contributed by atoms with E-state index in [1.165, 1.54) is 30.6 Å². The van der Waals surface area contributed by atoms with Crippen LogP contribution in [0.2, 0.25) is 5.02 Å². The fourth-order valence-electron chi connectivity index (χ4n) is 3.62. The lowest BCUT2D eigenvalue weighted by Gasteiger charge is -2.24. The standard InChI is InChI=1S/C24H30ClN3O4S2.ClH/c1-5-27(6-2)12-13-28(24-26-23-17(3)15-18(25)16-21(23)33-24)22(29)11-14-34(30,31)20-9-7-19(32-4)8-10-20;/h7-10,15-16H,5-6,11-14H2,1-4H3;1H. The van der Waals surface area contributed by atoms with Crippen LogP contribution in [-0.2, 0) is 14.6 Å². The average Bonchev–Trinajstić information content (AvgIpc) is 3.24. The highest BCUT2D eigenvalue weighted by Crippen LogP contribution is 2.33. The summed E-state index contributed by atoms with van der Waals surface area (Å²) in [5.41, 5.74) is 1.74. The van der Waals surface area contributed by atoms with Crippen LogP contribution >= 0.6 is 35.3 Å². The maximum Gasteiger partial charge on any atom is 0.229 e. The van der Waals surface area contributed by atoms with Crippen molar-refractivity contribution in [1.29, 1.82) is 0 Å². The molecule has 3 aromatic rings. The molecule has 0 saturated heterocycles. The van der Waals surface area contributed by atoms with E-state index in [4.69, 9.17) is 21.3 Å². The van der Waals surface area contributed by atoms with Gasteiger partial charge in [-0.05, 0) is 62.0 Å². The number of ether oxygens (including phenoxy) is 1. The van der Waals surface area contributed by atoms with E-state index in [0.717, 1.165) is 28.9 Å². The molecule has 0 unspecified atom stereocenters. The van der Waals surface area contributed by atoms with Gasteiger partial charge in [-0.2, -0.15) is 0 Å². The van der Waals surface area contributed by atoms with Gasteiger partial charge in [-0.3, -0.25) is 9.69 Å². The number of nitrogens with zero attached hydrogens (tertiary/aromatic N) is 3. The average molecular weight is 561 g/mol. The van der Waals surface area contributed by atoms with Crippen LogP contribution in [0.5, 0.6) is 5.75 Å². The van der Waals surface area contributed by atoms with Crippen molar-refractivity contribution in [2.45, 2.75) is 32.1 Å². The van der Waals surface area contributed by atoms with Gasteiger partial charge in [-0.15, -0.1) is 12.4 Å². The highest BCUT2D eigenvalue weighted by atomic mass is 35.5. The zero-order valence-corrected chi connectivity index (χ0v) is 23.5. The van der Waals surface area contributed by atoms with Gasteiger partial charge in [-0.1, -0.05) is 36.8 Å². The molecule has 0 aliphatic heterocycles. The summed E-state index contributed by atoms with van der Waals surface area (Å²) in [6, 6.07) is 9.87. The number of likely N-dealkylation sites (N-methyl/N-ethyl adjacent to an activating group) is 1. The molecule has 0 spiro atoms. The number of halogens is 2. The fraction of sp³-hybridized carbons (Fsp3) is 0.417. The summed E-state index contributed by atoms with van der Waals surface area (Å²) in [5.74, 6) is 0.0197. The van der Waals surface area contributed by atoms with Gasteiger partial charge in [0.1, 0.15) is 5.75 Å². The van der Waals surface area contributed by atoms with Gasteiger partial charge in [0.15, 0.2) is 15.0 Å². The Kier molecular flexibility index (Phi) is 10.8. The highest BCUT2D eigenvalue weighted by molar-refractivity contribution is 7.91. The maximum absolute atomic E-state index is 13.3. The van der Waals surface area contributed by atoms with Gasteiger partial charge < -0.3 is 9.64 Å². The Morgan fingerprint density at radius 1 is 1.11 bits per heavy atom. The number of amides is 1. The quantitative estimate of drug-likeness (QED) is 0.320. The molecule has 35 heavy (non-hydrogen) atoms. The van der Waals surface area contributed by atoms with Crippen LogP contribution in [0.3, 0.4) is 0 Å². The number of rotatable bonds is 11. The fourth-order valence-corrected chi connectivity index (χ4v) is 6.32. The van der Waals surface area contributed by atoms with E-state index >= 15 is 0 Å². The molecule has 0 aliphatic carbocycles. The number of aryl methyl sites for hydroxylation is 1. The summed E-state index contributed by atoms with van der Waals surface area (Å²) in [6.07, 6.45) is -0.137. The van der Waals surface area contributed by atoms with E-state index < -0.39 is 9.84 Å². The first-order chi connectivity index (χ1) is 16.2. The molecule has 11 heteroatoms. The number of aromatic nitrogens is 1. The molecule has 192 valence electrons. The predicted molar refractivity (Wildman–Crippen MR) is 146 cm³/mol. The molecule has 0 radical (unpaired) electrons. The van der Waals surface area contributed by atoms with Crippen LogP contribution in [0.25, 0.3) is 10.2 Å². The van der Waals surface area contributed by atoms with Crippen LogP contribution in [-0.4, -0.2) is 63.3 Å². The number of benzene rings is 2. The molecular formula is C24H31Cl2N3O4S2. The molecule has 3 rings (SSSR count). The number of hydrogen-bond donors (Lipinski definition) is 0. The second-order valence-electron chi connectivity index (χ2n) is 7.88. The number of anilines is 1. The van der Waals surface area contributed by atoms with Gasteiger partial charge in [0.05, 0.1) is 28.0 Å². The van der Waals surface area contributed by atoms with Crippen LogP contribution < -0.4 is 9.64 Å². The Bertz CT molecular complexity index is 1240. The van der Waals surface area contributed by atoms with E-state index in [1.54, 1.807) is 17.0 Å². The summed E-state index contributed by atoms with van der Waals surface area (Å²) in [7, 11) is -2.10. The molecule has 0 N–H and O–H groups in total. The van der Waals surface area contributed by atoms with Gasteiger partial charge in [0.2, 0.25) is 5.91 Å². The van der Waals surface area contributed by atoms with Crippen molar-refractivity contribution in [1.82, 2.24) is 9.88 Å². The second-order valence-corrected chi connectivity index (χ2v) is 11.4. The molecule has 1 heterocycles. The number of thiazole rings is 1. The van der Waals surface area contributed by atoms with Crippen LogP contribution in [0.15, 0.2) is 41.3 Å². The van der Waals surface area contributed by atoms with E-state index in [-0.39, 0.29) is 35.4 Å². The first kappa shape index (κ1) is 29.3.